The van der Waals surface area contributed by atoms with Crippen LogP contribution in [0, 0.1) is 0 Å². The van der Waals surface area contributed by atoms with Crippen molar-refractivity contribution in [1.29, 1.82) is 0 Å². The van der Waals surface area contributed by atoms with Gasteiger partial charge in [-0.15, -0.1) is 11.8 Å². The van der Waals surface area contributed by atoms with Gasteiger partial charge in [-0.3, -0.25) is 9.59 Å². The topological polar surface area (TPSA) is 90.9 Å². The maximum atomic E-state index is 12.5. The Morgan fingerprint density at radius 1 is 1.30 bits per heavy atom. The molecular weight excluding hydrogens is 370 g/mol. The minimum atomic E-state index is -0.634. The van der Waals surface area contributed by atoms with Crippen LogP contribution in [0.4, 0.5) is 5.69 Å². The molecule has 0 radical (unpaired) electrons. The summed E-state index contributed by atoms with van der Waals surface area (Å²) in [7, 11) is 0. The van der Waals surface area contributed by atoms with Crippen LogP contribution < -0.4 is 10.1 Å². The number of ether oxygens (including phenoxy) is 3. The van der Waals surface area contributed by atoms with E-state index in [0.29, 0.717) is 28.7 Å². The fraction of sp³-hybridized carbons (Fsp3) is 0.421. The lowest BCUT2D eigenvalue weighted by atomic mass is 10.1. The summed E-state index contributed by atoms with van der Waals surface area (Å²) >= 11 is 1.41. The zero-order valence-corrected chi connectivity index (χ0v) is 16.6. The smallest absolute Gasteiger partial charge is 0.342 e. The third-order valence-electron chi connectivity index (χ3n) is 3.49. The van der Waals surface area contributed by atoms with E-state index in [1.54, 1.807) is 33.8 Å². The minimum Gasteiger partial charge on any atom is -0.496 e. The molecule has 27 heavy (non-hydrogen) atoms. The Hall–Kier alpha value is -2.48. The molecule has 8 heteroatoms. The molecule has 0 aliphatic carbocycles. The molecule has 0 unspecified atom stereocenters. The fourth-order valence-electron chi connectivity index (χ4n) is 2.25. The van der Waals surface area contributed by atoms with Crippen molar-refractivity contribution < 1.29 is 28.6 Å². The first-order valence-corrected chi connectivity index (χ1v) is 9.64. The van der Waals surface area contributed by atoms with Crippen molar-refractivity contribution in [3.05, 3.63) is 34.4 Å². The van der Waals surface area contributed by atoms with Crippen LogP contribution in [0.15, 0.2) is 28.9 Å². The highest BCUT2D eigenvalue weighted by molar-refractivity contribution is 8.04. The molecule has 1 amide bonds. The van der Waals surface area contributed by atoms with E-state index in [-0.39, 0.29) is 29.7 Å². The summed E-state index contributed by atoms with van der Waals surface area (Å²) in [6.07, 6.45) is -0.170. The molecule has 1 aliphatic heterocycles. The van der Waals surface area contributed by atoms with E-state index in [1.165, 1.54) is 23.9 Å². The molecule has 0 saturated carbocycles. The van der Waals surface area contributed by atoms with Crippen molar-refractivity contribution in [3.63, 3.8) is 0 Å². The van der Waals surface area contributed by atoms with Crippen LogP contribution in [0.3, 0.4) is 0 Å². The maximum Gasteiger partial charge on any atom is 0.342 e. The zero-order chi connectivity index (χ0) is 20.0. The second-order valence-corrected chi connectivity index (χ2v) is 7.13. The van der Waals surface area contributed by atoms with Crippen LogP contribution in [-0.4, -0.2) is 36.3 Å². The lowest BCUT2D eigenvalue weighted by Gasteiger charge is -2.18. The van der Waals surface area contributed by atoms with Gasteiger partial charge in [0.05, 0.1) is 12.7 Å². The van der Waals surface area contributed by atoms with Crippen molar-refractivity contribution in [2.75, 3.05) is 17.7 Å². The van der Waals surface area contributed by atoms with Crippen molar-refractivity contribution in [2.45, 2.75) is 40.2 Å². The molecule has 0 atom stereocenters. The Balaban J connectivity index is 2.28. The van der Waals surface area contributed by atoms with E-state index in [2.05, 4.69) is 5.32 Å². The fourth-order valence-corrected chi connectivity index (χ4v) is 3.06. The molecule has 1 aliphatic rings. The van der Waals surface area contributed by atoms with Gasteiger partial charge in [0, 0.05) is 17.9 Å². The molecule has 1 N–H and O–H groups in total. The number of benzene rings is 1. The summed E-state index contributed by atoms with van der Waals surface area (Å²) in [5, 5.41) is 2.74. The van der Waals surface area contributed by atoms with Gasteiger partial charge in [0.25, 0.3) is 5.91 Å². The van der Waals surface area contributed by atoms with Gasteiger partial charge in [-0.05, 0) is 39.0 Å². The number of rotatable bonds is 6. The van der Waals surface area contributed by atoms with E-state index in [4.69, 9.17) is 14.2 Å². The summed E-state index contributed by atoms with van der Waals surface area (Å²) in [4.78, 5) is 37.0. The molecule has 0 bridgehead atoms. The van der Waals surface area contributed by atoms with Gasteiger partial charge in [0.15, 0.2) is 0 Å². The van der Waals surface area contributed by atoms with Crippen molar-refractivity contribution in [1.82, 2.24) is 0 Å². The molecular formula is C19H23NO6S. The first-order valence-electron chi connectivity index (χ1n) is 8.65. The van der Waals surface area contributed by atoms with Crippen LogP contribution in [-0.2, 0) is 19.1 Å². The van der Waals surface area contributed by atoms with Crippen molar-refractivity contribution >= 4 is 35.3 Å². The predicted octanol–water partition coefficient (Wildman–Crippen LogP) is 3.50. The summed E-state index contributed by atoms with van der Waals surface area (Å²) in [6.45, 7) is 7.40. The summed E-state index contributed by atoms with van der Waals surface area (Å²) < 4.78 is 15.8. The molecule has 1 aromatic carbocycles. The van der Waals surface area contributed by atoms with E-state index >= 15 is 0 Å². The number of esters is 2. The molecule has 0 saturated heterocycles. The average Bonchev–Trinajstić information content (AvgIpc) is 2.62. The number of amides is 1. The SMILES string of the molecule is CCC(=O)Oc1ccc(NC(=O)C2=C(C)OCCS2)cc1C(=O)OC(C)C. The Morgan fingerprint density at radius 3 is 2.67 bits per heavy atom. The minimum absolute atomic E-state index is 0.0709. The standard InChI is InChI=1S/C19H23NO6S/c1-5-16(21)26-15-7-6-13(10-14(15)19(23)25-11(2)3)20-18(22)17-12(4)24-8-9-27-17/h6-7,10-11H,5,8-9H2,1-4H3,(H,20,22). The number of anilines is 1. The van der Waals surface area contributed by atoms with Gasteiger partial charge in [-0.2, -0.15) is 0 Å². The number of carbonyl (C=O) groups is 3. The first kappa shape index (κ1) is 20.8. The Morgan fingerprint density at radius 2 is 2.04 bits per heavy atom. The van der Waals surface area contributed by atoms with E-state index in [9.17, 15) is 14.4 Å². The Kier molecular flexibility index (Phi) is 7.29. The van der Waals surface area contributed by atoms with Crippen LogP contribution >= 0.6 is 11.8 Å². The normalized spacial score (nSPS) is 13.8. The molecule has 0 spiro atoms. The number of thioether (sulfide) groups is 1. The molecule has 146 valence electrons. The number of hydrogen-bond donors (Lipinski definition) is 1. The van der Waals surface area contributed by atoms with E-state index < -0.39 is 11.9 Å². The monoisotopic (exact) mass is 393 g/mol. The first-order chi connectivity index (χ1) is 12.8. The highest BCUT2D eigenvalue weighted by Crippen LogP contribution is 2.29. The summed E-state index contributed by atoms with van der Waals surface area (Å²) in [6, 6.07) is 4.46. The number of nitrogens with one attached hydrogen (secondary N) is 1. The van der Waals surface area contributed by atoms with Crippen molar-refractivity contribution in [2.24, 2.45) is 0 Å². The van der Waals surface area contributed by atoms with Gasteiger partial charge >= 0.3 is 11.9 Å². The highest BCUT2D eigenvalue weighted by atomic mass is 32.2. The molecule has 1 aromatic rings. The second kappa shape index (κ2) is 9.45. The molecule has 0 aromatic heterocycles. The predicted molar refractivity (Wildman–Crippen MR) is 103 cm³/mol. The molecule has 0 fully saturated rings. The summed E-state index contributed by atoms with van der Waals surface area (Å²) in [5.74, 6) is -0.0721. The lowest BCUT2D eigenvalue weighted by molar-refractivity contribution is -0.134. The second-order valence-electron chi connectivity index (χ2n) is 6.03. The van der Waals surface area contributed by atoms with E-state index in [0.717, 1.165) is 0 Å². The van der Waals surface area contributed by atoms with E-state index in [1.807, 2.05) is 0 Å². The molecule has 2 rings (SSSR count). The average molecular weight is 393 g/mol. The third-order valence-corrected chi connectivity index (χ3v) is 4.62. The highest BCUT2D eigenvalue weighted by Gasteiger charge is 2.22. The van der Waals surface area contributed by atoms with Gasteiger partial charge in [-0.25, -0.2) is 4.79 Å². The zero-order valence-electron chi connectivity index (χ0n) is 15.8. The van der Waals surface area contributed by atoms with Gasteiger partial charge in [0.2, 0.25) is 0 Å². The third kappa shape index (κ3) is 5.75. The van der Waals surface area contributed by atoms with Crippen LogP contribution in [0.25, 0.3) is 0 Å². The van der Waals surface area contributed by atoms with Gasteiger partial charge < -0.3 is 19.5 Å². The number of carbonyl (C=O) groups excluding carboxylic acids is 3. The Bertz CT molecular complexity index is 771. The van der Waals surface area contributed by atoms with Crippen molar-refractivity contribution in [3.8, 4) is 5.75 Å². The van der Waals surface area contributed by atoms with Crippen LogP contribution in [0.2, 0.25) is 0 Å². The summed E-state index contributed by atoms with van der Waals surface area (Å²) in [5.41, 5.74) is 0.458. The Labute approximate surface area is 162 Å². The van der Waals surface area contributed by atoms with Gasteiger partial charge in [0.1, 0.15) is 22.0 Å². The molecule has 7 nitrogen and oxygen atoms in total. The number of hydrogen-bond acceptors (Lipinski definition) is 7. The quantitative estimate of drug-likeness (QED) is 0.584. The number of allylic oxidation sites excluding steroid dienone is 1. The maximum absolute atomic E-state index is 12.5. The lowest BCUT2D eigenvalue weighted by Crippen LogP contribution is -2.19. The van der Waals surface area contributed by atoms with Gasteiger partial charge in [-0.1, -0.05) is 6.92 Å². The van der Waals surface area contributed by atoms with Crippen LogP contribution in [0.1, 0.15) is 44.5 Å². The van der Waals surface area contributed by atoms with Crippen LogP contribution in [0.5, 0.6) is 5.75 Å². The largest absolute Gasteiger partial charge is 0.496 e. The molecule has 1 heterocycles.